The number of alkyl halides is 5. The maximum atomic E-state index is 13.6. The van der Waals surface area contributed by atoms with Gasteiger partial charge in [0.05, 0.1) is 22.2 Å². The van der Waals surface area contributed by atoms with E-state index in [2.05, 4.69) is 19.4 Å². The van der Waals surface area contributed by atoms with Crippen molar-refractivity contribution in [2.45, 2.75) is 25.3 Å². The number of carboxylic acid groups (broad SMARTS) is 1. The van der Waals surface area contributed by atoms with E-state index in [9.17, 15) is 31.9 Å². The number of aromatic carboxylic acids is 1. The topological polar surface area (TPSA) is 84.8 Å². The lowest BCUT2D eigenvalue weighted by molar-refractivity contribution is -0.286. The highest BCUT2D eigenvalue weighted by Crippen LogP contribution is 2.45. The Hall–Kier alpha value is -4.48. The molecule has 4 aromatic rings. The smallest absolute Gasteiger partial charge is 0.478 e. The zero-order chi connectivity index (χ0) is 26.8. The second kappa shape index (κ2) is 8.27. The molecule has 0 radical (unpaired) electrons. The SMILES string of the molecule is O=C(O)c1ccc2nc(-c3ccc4c(c3)OC(F)(F)O4)c(N3CCCc4cc(C(F)(F)F)ccc43)nc2c1. The van der Waals surface area contributed by atoms with Gasteiger partial charge in [-0.3, -0.25) is 0 Å². The molecule has 3 aromatic carbocycles. The van der Waals surface area contributed by atoms with Crippen molar-refractivity contribution in [3.8, 4) is 22.8 Å². The number of hydrogen-bond acceptors (Lipinski definition) is 6. The van der Waals surface area contributed by atoms with Crippen LogP contribution in [-0.4, -0.2) is 33.9 Å². The average molecular weight is 529 g/mol. The number of benzene rings is 3. The fourth-order valence-corrected chi connectivity index (χ4v) is 4.65. The number of fused-ring (bicyclic) bond motifs is 3. The average Bonchev–Trinajstić information content (AvgIpc) is 3.19. The van der Waals surface area contributed by atoms with E-state index >= 15 is 0 Å². The highest BCUT2D eigenvalue weighted by Gasteiger charge is 2.43. The molecule has 0 unspecified atom stereocenters. The van der Waals surface area contributed by atoms with Crippen LogP contribution in [0.5, 0.6) is 11.5 Å². The molecule has 194 valence electrons. The van der Waals surface area contributed by atoms with Gasteiger partial charge in [-0.1, -0.05) is 0 Å². The maximum Gasteiger partial charge on any atom is 0.586 e. The first-order valence-corrected chi connectivity index (χ1v) is 11.4. The van der Waals surface area contributed by atoms with Gasteiger partial charge in [-0.15, -0.1) is 8.78 Å². The Morgan fingerprint density at radius 2 is 1.74 bits per heavy atom. The van der Waals surface area contributed by atoms with Crippen LogP contribution in [0, 0.1) is 0 Å². The van der Waals surface area contributed by atoms with Crippen LogP contribution < -0.4 is 14.4 Å². The summed E-state index contributed by atoms with van der Waals surface area (Å²) in [7, 11) is 0. The number of aromatic nitrogens is 2. The molecule has 7 nitrogen and oxygen atoms in total. The second-order valence-corrected chi connectivity index (χ2v) is 8.83. The van der Waals surface area contributed by atoms with E-state index in [1.807, 2.05) is 0 Å². The Morgan fingerprint density at radius 1 is 0.947 bits per heavy atom. The molecule has 0 saturated carbocycles. The highest BCUT2D eigenvalue weighted by atomic mass is 19.4. The molecule has 0 spiro atoms. The van der Waals surface area contributed by atoms with Crippen LogP contribution in [0.25, 0.3) is 22.3 Å². The van der Waals surface area contributed by atoms with Crippen LogP contribution in [0.15, 0.2) is 54.6 Å². The van der Waals surface area contributed by atoms with Crippen molar-refractivity contribution >= 4 is 28.5 Å². The van der Waals surface area contributed by atoms with E-state index in [-0.39, 0.29) is 34.1 Å². The van der Waals surface area contributed by atoms with Crippen LogP contribution in [0.3, 0.4) is 0 Å². The minimum Gasteiger partial charge on any atom is -0.478 e. The van der Waals surface area contributed by atoms with Crippen LogP contribution in [0.4, 0.5) is 33.5 Å². The van der Waals surface area contributed by atoms with Gasteiger partial charge in [-0.05, 0) is 73.0 Å². The number of aryl methyl sites for hydroxylation is 1. The summed E-state index contributed by atoms with van der Waals surface area (Å²) < 4.78 is 76.3. The van der Waals surface area contributed by atoms with Gasteiger partial charge in [0.2, 0.25) is 0 Å². The number of hydrogen-bond donors (Lipinski definition) is 1. The molecular formula is C26H16F5N3O4. The van der Waals surface area contributed by atoms with Gasteiger partial charge in [0.1, 0.15) is 5.69 Å². The summed E-state index contributed by atoms with van der Waals surface area (Å²) in [6.07, 6.45) is -7.41. The Kier molecular flexibility index (Phi) is 5.20. The summed E-state index contributed by atoms with van der Waals surface area (Å²) in [5.41, 5.74) is 1.32. The predicted octanol–water partition coefficient (Wildman–Crippen LogP) is 6.42. The van der Waals surface area contributed by atoms with E-state index in [0.29, 0.717) is 41.7 Å². The van der Waals surface area contributed by atoms with Crippen LogP contribution in [0.1, 0.15) is 27.9 Å². The first-order valence-electron chi connectivity index (χ1n) is 11.4. The van der Waals surface area contributed by atoms with Gasteiger partial charge in [-0.2, -0.15) is 13.2 Å². The molecule has 0 saturated heterocycles. The number of halogens is 5. The summed E-state index contributed by atoms with van der Waals surface area (Å²) in [4.78, 5) is 22.5. The monoisotopic (exact) mass is 529 g/mol. The number of ether oxygens (including phenoxy) is 2. The third kappa shape index (κ3) is 4.11. The molecule has 1 aromatic heterocycles. The summed E-state index contributed by atoms with van der Waals surface area (Å²) >= 11 is 0. The molecule has 0 amide bonds. The van der Waals surface area contributed by atoms with Gasteiger partial charge in [0, 0.05) is 17.8 Å². The minimum atomic E-state index is -4.51. The van der Waals surface area contributed by atoms with E-state index in [1.165, 1.54) is 42.5 Å². The maximum absolute atomic E-state index is 13.6. The van der Waals surface area contributed by atoms with Gasteiger partial charge in [0.25, 0.3) is 0 Å². The molecule has 3 heterocycles. The zero-order valence-corrected chi connectivity index (χ0v) is 19.2. The molecule has 2 aliphatic rings. The summed E-state index contributed by atoms with van der Waals surface area (Å²) in [5.74, 6) is -1.32. The fourth-order valence-electron chi connectivity index (χ4n) is 4.65. The van der Waals surface area contributed by atoms with Gasteiger partial charge < -0.3 is 19.5 Å². The first-order chi connectivity index (χ1) is 18.0. The number of nitrogens with zero attached hydrogens (tertiary/aromatic N) is 3. The normalized spacial score (nSPS) is 16.0. The van der Waals surface area contributed by atoms with Crippen molar-refractivity contribution in [3.05, 3.63) is 71.3 Å². The van der Waals surface area contributed by atoms with Crippen LogP contribution in [-0.2, 0) is 12.6 Å². The molecule has 38 heavy (non-hydrogen) atoms. The summed E-state index contributed by atoms with van der Waals surface area (Å²) in [6, 6.07) is 11.7. The third-order valence-electron chi connectivity index (χ3n) is 6.35. The van der Waals surface area contributed by atoms with Gasteiger partial charge in [0.15, 0.2) is 17.3 Å². The van der Waals surface area contributed by atoms with Crippen LogP contribution in [0.2, 0.25) is 0 Å². The van der Waals surface area contributed by atoms with Crippen molar-refractivity contribution in [1.29, 1.82) is 0 Å². The summed E-state index contributed by atoms with van der Waals surface area (Å²) in [6.45, 7) is 0.382. The largest absolute Gasteiger partial charge is 0.586 e. The lowest BCUT2D eigenvalue weighted by Gasteiger charge is -2.32. The van der Waals surface area contributed by atoms with Crippen molar-refractivity contribution < 1.29 is 41.3 Å². The molecule has 1 N–H and O–H groups in total. The minimum absolute atomic E-state index is 0.0234. The van der Waals surface area contributed by atoms with E-state index < -0.39 is 24.0 Å². The Morgan fingerprint density at radius 3 is 2.50 bits per heavy atom. The lowest BCUT2D eigenvalue weighted by Crippen LogP contribution is -2.26. The van der Waals surface area contributed by atoms with E-state index in [1.54, 1.807) is 4.90 Å². The highest BCUT2D eigenvalue weighted by molar-refractivity contribution is 5.94. The Balaban J connectivity index is 1.55. The van der Waals surface area contributed by atoms with E-state index in [0.717, 1.165) is 12.1 Å². The number of anilines is 2. The lowest BCUT2D eigenvalue weighted by atomic mass is 9.98. The molecule has 0 bridgehead atoms. The molecule has 0 aliphatic carbocycles. The molecular weight excluding hydrogens is 513 g/mol. The third-order valence-corrected chi connectivity index (χ3v) is 6.35. The van der Waals surface area contributed by atoms with Crippen molar-refractivity contribution in [2.75, 3.05) is 11.4 Å². The standard InChI is InChI=1S/C26H16F5N3O4/c27-25(28,29)16-5-7-19-13(10-16)2-1-9-34(19)23-22(14-4-8-20-21(12-14)38-26(30,31)37-20)32-17-6-3-15(24(35)36)11-18(17)33-23/h3-8,10-12H,1-2,9H2,(H,35,36). The Bertz CT molecular complexity index is 1620. The fraction of sp³-hybridized carbons (Fsp3) is 0.192. The van der Waals surface area contributed by atoms with Gasteiger partial charge in [-0.25, -0.2) is 14.8 Å². The van der Waals surface area contributed by atoms with Crippen LogP contribution >= 0.6 is 0 Å². The molecule has 2 aliphatic heterocycles. The van der Waals surface area contributed by atoms with E-state index in [4.69, 9.17) is 0 Å². The molecule has 6 rings (SSSR count). The summed E-state index contributed by atoms with van der Waals surface area (Å²) in [5, 5.41) is 9.41. The molecule has 0 atom stereocenters. The number of rotatable bonds is 3. The first kappa shape index (κ1) is 23.9. The second-order valence-electron chi connectivity index (χ2n) is 8.83. The molecule has 12 heteroatoms. The van der Waals surface area contributed by atoms with Crippen molar-refractivity contribution in [3.63, 3.8) is 0 Å². The zero-order valence-electron chi connectivity index (χ0n) is 19.2. The predicted molar refractivity (Wildman–Crippen MR) is 125 cm³/mol. The van der Waals surface area contributed by atoms with Gasteiger partial charge >= 0.3 is 18.4 Å². The van der Waals surface area contributed by atoms with Crippen molar-refractivity contribution in [1.82, 2.24) is 9.97 Å². The quantitative estimate of drug-likeness (QED) is 0.307. The van der Waals surface area contributed by atoms with Crippen molar-refractivity contribution in [2.24, 2.45) is 0 Å². The number of carboxylic acids is 1. The number of carbonyl (C=O) groups is 1. The molecule has 0 fully saturated rings. The Labute approximate surface area is 211 Å².